The smallest absolute Gasteiger partial charge is 0.338 e. The molecule has 1 aromatic heterocycles. The van der Waals surface area contributed by atoms with Crippen LogP contribution in [0.25, 0.3) is 6.08 Å². The van der Waals surface area contributed by atoms with E-state index in [1.807, 2.05) is 12.1 Å². The van der Waals surface area contributed by atoms with Crippen molar-refractivity contribution in [1.82, 2.24) is 4.57 Å². The Morgan fingerprint density at radius 3 is 2.74 bits per heavy atom. The summed E-state index contributed by atoms with van der Waals surface area (Å²) in [7, 11) is 0. The van der Waals surface area contributed by atoms with Crippen LogP contribution in [0.2, 0.25) is 0 Å². The number of esters is 1. The van der Waals surface area contributed by atoms with E-state index in [0.717, 1.165) is 4.47 Å². The Morgan fingerprint density at radius 1 is 1.31 bits per heavy atom. The van der Waals surface area contributed by atoms with Crippen LogP contribution in [-0.2, 0) is 9.53 Å². The van der Waals surface area contributed by atoms with Gasteiger partial charge < -0.3 is 9.47 Å². The zero-order valence-corrected chi connectivity index (χ0v) is 21.3. The molecule has 0 N–H and O–H groups in total. The van der Waals surface area contributed by atoms with E-state index in [4.69, 9.17) is 15.9 Å². The minimum absolute atomic E-state index is 0.0797. The van der Waals surface area contributed by atoms with Crippen molar-refractivity contribution in [2.24, 2.45) is 4.99 Å². The molecule has 3 aromatic rings. The average molecular weight is 555 g/mol. The van der Waals surface area contributed by atoms with Gasteiger partial charge in [0.15, 0.2) is 4.80 Å². The first-order valence-electron chi connectivity index (χ1n) is 10.6. The van der Waals surface area contributed by atoms with Crippen molar-refractivity contribution in [1.29, 1.82) is 0 Å². The first-order valence-corrected chi connectivity index (χ1v) is 12.3. The average Bonchev–Trinajstić information content (AvgIpc) is 3.12. The first-order chi connectivity index (χ1) is 16.8. The minimum Gasteiger partial charge on any atom is -0.480 e. The Balaban J connectivity index is 1.94. The summed E-state index contributed by atoms with van der Waals surface area (Å²) < 4.78 is 27.2. The second-order valence-corrected chi connectivity index (χ2v) is 9.45. The predicted octanol–water partition coefficient (Wildman–Crippen LogP) is 3.71. The fraction of sp³-hybridized carbons (Fsp3) is 0.192. The van der Waals surface area contributed by atoms with Gasteiger partial charge in [0, 0.05) is 10.0 Å². The summed E-state index contributed by atoms with van der Waals surface area (Å²) in [6, 6.07) is 10.3. The van der Waals surface area contributed by atoms with E-state index < -0.39 is 17.8 Å². The molecule has 2 aromatic carbocycles. The number of aromatic nitrogens is 1. The first kappa shape index (κ1) is 24.6. The largest absolute Gasteiger partial charge is 0.480 e. The van der Waals surface area contributed by atoms with Gasteiger partial charge in [-0.15, -0.1) is 6.42 Å². The molecule has 0 spiro atoms. The van der Waals surface area contributed by atoms with E-state index in [2.05, 4.69) is 26.8 Å². The van der Waals surface area contributed by atoms with Crippen LogP contribution in [0.1, 0.15) is 31.0 Å². The van der Waals surface area contributed by atoms with Crippen molar-refractivity contribution in [3.05, 3.63) is 94.8 Å². The van der Waals surface area contributed by atoms with Crippen LogP contribution in [0.3, 0.4) is 0 Å². The molecule has 9 heteroatoms. The zero-order valence-electron chi connectivity index (χ0n) is 18.9. The highest BCUT2D eigenvalue weighted by atomic mass is 79.9. The van der Waals surface area contributed by atoms with Gasteiger partial charge in [-0.1, -0.05) is 45.3 Å². The van der Waals surface area contributed by atoms with Crippen molar-refractivity contribution in [3.8, 4) is 18.1 Å². The Hall–Kier alpha value is -3.48. The molecule has 178 valence electrons. The molecule has 0 bridgehead atoms. The van der Waals surface area contributed by atoms with Crippen LogP contribution in [0.15, 0.2) is 68.0 Å². The van der Waals surface area contributed by atoms with Crippen LogP contribution in [0, 0.1) is 18.2 Å². The normalized spacial score (nSPS) is 15.3. The fourth-order valence-electron chi connectivity index (χ4n) is 3.78. The summed E-state index contributed by atoms with van der Waals surface area (Å²) >= 11 is 4.63. The number of carbonyl (C=O) groups is 1. The van der Waals surface area contributed by atoms with Crippen LogP contribution < -0.4 is 19.6 Å². The number of nitrogens with zero attached hydrogens (tertiary/aromatic N) is 2. The third-order valence-corrected chi connectivity index (χ3v) is 6.75. The lowest BCUT2D eigenvalue weighted by Crippen LogP contribution is -2.39. The molecule has 2 heterocycles. The fourth-order valence-corrected chi connectivity index (χ4v) is 5.19. The highest BCUT2D eigenvalue weighted by Gasteiger charge is 2.33. The maximum Gasteiger partial charge on any atom is 0.338 e. The number of ether oxygens (including phenoxy) is 2. The summed E-state index contributed by atoms with van der Waals surface area (Å²) in [5.74, 6) is 1.96. The number of terminal acetylenes is 1. The van der Waals surface area contributed by atoms with E-state index in [9.17, 15) is 14.0 Å². The number of allylic oxidation sites excluding steroid dienone is 1. The zero-order chi connectivity index (χ0) is 25.1. The van der Waals surface area contributed by atoms with Crippen molar-refractivity contribution >= 4 is 39.3 Å². The van der Waals surface area contributed by atoms with Crippen LogP contribution in [-0.4, -0.2) is 23.8 Å². The number of benzene rings is 2. The minimum atomic E-state index is -0.812. The summed E-state index contributed by atoms with van der Waals surface area (Å²) in [5.41, 5.74) is 1.54. The number of rotatable bonds is 6. The molecule has 0 saturated heterocycles. The predicted molar refractivity (Wildman–Crippen MR) is 135 cm³/mol. The van der Waals surface area contributed by atoms with Gasteiger partial charge in [-0.3, -0.25) is 9.36 Å². The number of thiazole rings is 1. The summed E-state index contributed by atoms with van der Waals surface area (Å²) in [6.45, 7) is 3.64. The van der Waals surface area contributed by atoms with Gasteiger partial charge in [0.25, 0.3) is 5.56 Å². The summed E-state index contributed by atoms with van der Waals surface area (Å²) in [4.78, 5) is 31.5. The molecule has 0 fully saturated rings. The number of halogens is 2. The highest BCUT2D eigenvalue weighted by Crippen LogP contribution is 2.31. The van der Waals surface area contributed by atoms with E-state index in [1.165, 1.54) is 28.0 Å². The topological polar surface area (TPSA) is 69.9 Å². The third-order valence-electron chi connectivity index (χ3n) is 5.27. The molecular weight excluding hydrogens is 535 g/mol. The van der Waals surface area contributed by atoms with E-state index >= 15 is 0 Å². The van der Waals surface area contributed by atoms with Gasteiger partial charge in [0.2, 0.25) is 0 Å². The van der Waals surface area contributed by atoms with Gasteiger partial charge in [0.05, 0.1) is 28.5 Å². The molecule has 4 rings (SSSR count). The van der Waals surface area contributed by atoms with Gasteiger partial charge in [0.1, 0.15) is 18.2 Å². The molecule has 6 nitrogen and oxygen atoms in total. The second kappa shape index (κ2) is 10.4. The summed E-state index contributed by atoms with van der Waals surface area (Å²) in [5, 5.41) is 0. The van der Waals surface area contributed by atoms with Crippen LogP contribution >= 0.6 is 27.3 Å². The third kappa shape index (κ3) is 4.99. The molecule has 0 radical (unpaired) electrons. The molecule has 0 aliphatic carbocycles. The van der Waals surface area contributed by atoms with Crippen LogP contribution in [0.4, 0.5) is 4.39 Å². The lowest BCUT2D eigenvalue weighted by atomic mass is 9.96. The molecule has 1 unspecified atom stereocenters. The summed E-state index contributed by atoms with van der Waals surface area (Å²) in [6.07, 6.45) is 7.03. The second-order valence-electron chi connectivity index (χ2n) is 7.53. The Bertz CT molecular complexity index is 1550. The Morgan fingerprint density at radius 2 is 2.06 bits per heavy atom. The highest BCUT2D eigenvalue weighted by molar-refractivity contribution is 9.10. The quantitative estimate of drug-likeness (QED) is 0.344. The molecular formula is C26H20BrFN2O4S. The van der Waals surface area contributed by atoms with Crippen molar-refractivity contribution in [2.75, 3.05) is 13.2 Å². The van der Waals surface area contributed by atoms with E-state index in [0.29, 0.717) is 31.9 Å². The van der Waals surface area contributed by atoms with Crippen molar-refractivity contribution in [2.45, 2.75) is 19.9 Å². The molecule has 1 aliphatic rings. The number of fused-ring (bicyclic) bond motifs is 1. The SMILES string of the molecule is C#CCOc1ccc(Br)cc1/C=c1\sc2n(c1=O)C(c1ccc(F)cc1)C(C(=O)OCC)=C(C)N=2. The van der Waals surface area contributed by atoms with E-state index in [-0.39, 0.29) is 24.3 Å². The number of hydrogen-bond acceptors (Lipinski definition) is 6. The number of carbonyl (C=O) groups excluding carboxylic acids is 1. The molecule has 0 amide bonds. The molecule has 35 heavy (non-hydrogen) atoms. The number of hydrogen-bond donors (Lipinski definition) is 0. The van der Waals surface area contributed by atoms with Gasteiger partial charge in [-0.25, -0.2) is 14.2 Å². The van der Waals surface area contributed by atoms with Gasteiger partial charge in [-0.2, -0.15) is 0 Å². The van der Waals surface area contributed by atoms with Gasteiger partial charge >= 0.3 is 5.97 Å². The lowest BCUT2D eigenvalue weighted by molar-refractivity contribution is -0.139. The van der Waals surface area contributed by atoms with E-state index in [1.54, 1.807) is 38.1 Å². The maximum atomic E-state index is 13.7. The lowest BCUT2D eigenvalue weighted by Gasteiger charge is -2.24. The molecule has 1 aliphatic heterocycles. The Labute approximate surface area is 213 Å². The Kier molecular flexibility index (Phi) is 7.34. The van der Waals surface area contributed by atoms with Crippen molar-refractivity contribution < 1.29 is 18.7 Å². The monoisotopic (exact) mass is 554 g/mol. The van der Waals surface area contributed by atoms with Gasteiger partial charge in [-0.05, 0) is 55.8 Å². The molecule has 0 saturated carbocycles. The standard InChI is InChI=1S/C26H20BrFN2O4S/c1-4-12-34-20-11-8-18(27)13-17(20)14-21-24(31)30-23(16-6-9-19(28)10-7-16)22(25(32)33-5-2)15(3)29-26(30)35-21/h1,6-11,13-14,23H,5,12H2,2-3H3/b21-14-. The maximum absolute atomic E-state index is 13.7. The van der Waals surface area contributed by atoms with Crippen molar-refractivity contribution in [3.63, 3.8) is 0 Å². The van der Waals surface area contributed by atoms with Crippen LogP contribution in [0.5, 0.6) is 5.75 Å². The molecule has 1 atom stereocenters.